The van der Waals surface area contributed by atoms with E-state index in [0.29, 0.717) is 124 Å². The van der Waals surface area contributed by atoms with E-state index in [1.165, 1.54) is 12.1 Å². The fourth-order valence-electron chi connectivity index (χ4n) is 2.58. The summed E-state index contributed by atoms with van der Waals surface area (Å²) in [6.45, 7) is 8.23. The van der Waals surface area contributed by atoms with Gasteiger partial charge in [-0.2, -0.15) is 0 Å². The maximum absolute atomic E-state index is 10.6. The van der Waals surface area contributed by atoms with Crippen LogP contribution in [0.2, 0.25) is 0 Å². The first-order valence-electron chi connectivity index (χ1n) is 12.3. The number of nitrogens with zero attached hydrogens (tertiary/aromatic N) is 1. The molecule has 1 aromatic rings. The molecule has 0 radical (unpaired) electrons. The Kier molecular flexibility index (Phi) is 23.5. The van der Waals surface area contributed by atoms with Gasteiger partial charge in [0.05, 0.1) is 111 Å². The number of hydrogen-bond donors (Lipinski definition) is 0. The number of halogens is 1. The maximum Gasteiger partial charge on any atom is 0.269 e. The van der Waals surface area contributed by atoms with Crippen molar-refractivity contribution in [1.29, 1.82) is 0 Å². The van der Waals surface area contributed by atoms with Gasteiger partial charge in [-0.15, -0.1) is 11.6 Å². The summed E-state index contributed by atoms with van der Waals surface area (Å²) < 4.78 is 48.5. The summed E-state index contributed by atoms with van der Waals surface area (Å²) in [6, 6.07) is 5.91. The van der Waals surface area contributed by atoms with Crippen LogP contribution >= 0.6 is 11.6 Å². The van der Waals surface area contributed by atoms with Crippen molar-refractivity contribution in [2.24, 2.45) is 0 Å². The van der Waals surface area contributed by atoms with Crippen LogP contribution in [0, 0.1) is 10.1 Å². The van der Waals surface area contributed by atoms with E-state index in [1.54, 1.807) is 12.1 Å². The van der Waals surface area contributed by atoms with Crippen molar-refractivity contribution in [2.75, 3.05) is 118 Å². The van der Waals surface area contributed by atoms with Crippen molar-refractivity contribution in [3.8, 4) is 5.75 Å². The Morgan fingerprint density at radius 3 is 1.11 bits per heavy atom. The SMILES string of the molecule is O=[N+]([O-])c1ccc(OCCOCCOCCOCCOCCOCCOCCOCCOCCCl)cc1. The summed E-state index contributed by atoms with van der Waals surface area (Å²) in [5.74, 6) is 1.05. The minimum Gasteiger partial charge on any atom is -0.491 e. The maximum atomic E-state index is 10.6. The van der Waals surface area contributed by atoms with E-state index in [0.717, 1.165) is 0 Å². The van der Waals surface area contributed by atoms with E-state index in [4.69, 9.17) is 54.2 Å². The number of nitro groups is 1. The third-order valence-corrected chi connectivity index (χ3v) is 4.52. The first kappa shape index (κ1) is 33.4. The monoisotopic (exact) mass is 553 g/mol. The Morgan fingerprint density at radius 1 is 0.514 bits per heavy atom. The van der Waals surface area contributed by atoms with Crippen LogP contribution in [0.5, 0.6) is 5.75 Å². The number of benzene rings is 1. The van der Waals surface area contributed by atoms with Gasteiger partial charge in [0.2, 0.25) is 0 Å². The fraction of sp³-hybridized carbons (Fsp3) is 0.750. The zero-order chi connectivity index (χ0) is 26.7. The third-order valence-electron chi connectivity index (χ3n) is 4.37. The minimum atomic E-state index is -0.452. The lowest BCUT2D eigenvalue weighted by atomic mass is 10.3. The van der Waals surface area contributed by atoms with Crippen molar-refractivity contribution in [3.05, 3.63) is 34.4 Å². The van der Waals surface area contributed by atoms with Crippen molar-refractivity contribution in [2.45, 2.75) is 0 Å². The van der Waals surface area contributed by atoms with Crippen LogP contribution in [-0.2, 0) is 37.9 Å². The van der Waals surface area contributed by atoms with E-state index in [9.17, 15) is 10.1 Å². The highest BCUT2D eigenvalue weighted by Crippen LogP contribution is 2.17. The molecule has 0 aliphatic heterocycles. The normalized spacial score (nSPS) is 11.2. The van der Waals surface area contributed by atoms with E-state index in [1.807, 2.05) is 0 Å². The Bertz CT molecular complexity index is 640. The quantitative estimate of drug-likeness (QED) is 0.0656. The standard InChI is InChI=1S/C24H40ClNO11/c25-5-6-29-7-8-30-9-10-31-11-12-32-13-14-33-15-16-34-17-18-35-19-20-36-21-22-37-24-3-1-23(2-4-24)26(27)28/h1-4H,5-22H2. The van der Waals surface area contributed by atoms with Crippen molar-refractivity contribution < 1.29 is 47.6 Å². The molecule has 0 saturated carbocycles. The molecule has 1 aromatic carbocycles. The molecule has 0 aliphatic carbocycles. The Morgan fingerprint density at radius 2 is 0.811 bits per heavy atom. The molecule has 0 amide bonds. The second-order valence-corrected chi connectivity index (χ2v) is 7.57. The number of non-ortho nitro benzene ring substituents is 1. The van der Waals surface area contributed by atoms with Gasteiger partial charge in [0.25, 0.3) is 5.69 Å². The molecule has 0 saturated heterocycles. The lowest BCUT2D eigenvalue weighted by Gasteiger charge is -2.09. The lowest BCUT2D eigenvalue weighted by molar-refractivity contribution is -0.384. The van der Waals surface area contributed by atoms with Gasteiger partial charge in [0.1, 0.15) is 12.4 Å². The van der Waals surface area contributed by atoms with Gasteiger partial charge < -0.3 is 42.6 Å². The second-order valence-electron chi connectivity index (χ2n) is 7.19. The van der Waals surface area contributed by atoms with E-state index in [-0.39, 0.29) is 5.69 Å². The average molecular weight is 554 g/mol. The lowest BCUT2D eigenvalue weighted by Crippen LogP contribution is -2.15. The van der Waals surface area contributed by atoms with Gasteiger partial charge in [0.15, 0.2) is 0 Å². The molecular formula is C24H40ClNO11. The Labute approximate surface area is 223 Å². The van der Waals surface area contributed by atoms with Crippen molar-refractivity contribution in [3.63, 3.8) is 0 Å². The van der Waals surface area contributed by atoms with Crippen LogP contribution in [0.25, 0.3) is 0 Å². The topological polar surface area (TPSA) is 126 Å². The predicted molar refractivity (Wildman–Crippen MR) is 136 cm³/mol. The average Bonchev–Trinajstić information content (AvgIpc) is 2.91. The van der Waals surface area contributed by atoms with E-state index < -0.39 is 4.92 Å². The zero-order valence-corrected chi connectivity index (χ0v) is 22.1. The molecule has 0 bridgehead atoms. The summed E-state index contributed by atoms with van der Waals surface area (Å²) in [4.78, 5) is 10.1. The second kappa shape index (κ2) is 26.0. The molecule has 0 fully saturated rings. The molecule has 0 spiro atoms. The first-order valence-corrected chi connectivity index (χ1v) is 12.8. The number of rotatable bonds is 28. The van der Waals surface area contributed by atoms with Gasteiger partial charge in [-0.05, 0) is 12.1 Å². The van der Waals surface area contributed by atoms with Gasteiger partial charge in [0, 0.05) is 18.0 Å². The predicted octanol–water partition coefficient (Wildman–Crippen LogP) is 2.35. The van der Waals surface area contributed by atoms with Crippen LogP contribution in [-0.4, -0.2) is 123 Å². The molecule has 214 valence electrons. The van der Waals surface area contributed by atoms with Gasteiger partial charge >= 0.3 is 0 Å². The Balaban J connectivity index is 1.69. The molecule has 0 aromatic heterocycles. The van der Waals surface area contributed by atoms with Gasteiger partial charge in [-0.3, -0.25) is 10.1 Å². The van der Waals surface area contributed by atoms with Gasteiger partial charge in [-0.1, -0.05) is 0 Å². The summed E-state index contributed by atoms with van der Waals surface area (Å²) in [5.41, 5.74) is 0.0276. The van der Waals surface area contributed by atoms with Crippen molar-refractivity contribution in [1.82, 2.24) is 0 Å². The molecule has 0 heterocycles. The van der Waals surface area contributed by atoms with E-state index in [2.05, 4.69) is 0 Å². The molecule has 0 N–H and O–H groups in total. The minimum absolute atomic E-state index is 0.0276. The summed E-state index contributed by atoms with van der Waals surface area (Å²) in [5, 5.41) is 10.6. The van der Waals surface area contributed by atoms with Crippen LogP contribution < -0.4 is 4.74 Å². The summed E-state index contributed by atoms with van der Waals surface area (Å²) >= 11 is 5.49. The van der Waals surface area contributed by atoms with E-state index >= 15 is 0 Å². The third kappa shape index (κ3) is 22.1. The number of alkyl halides is 1. The van der Waals surface area contributed by atoms with Crippen LogP contribution in [0.1, 0.15) is 0 Å². The van der Waals surface area contributed by atoms with Crippen LogP contribution in [0.3, 0.4) is 0 Å². The summed E-state index contributed by atoms with van der Waals surface area (Å²) in [6.07, 6.45) is 0. The highest BCUT2D eigenvalue weighted by molar-refractivity contribution is 6.17. The molecule has 1 rings (SSSR count). The Hall–Kier alpha value is -1.61. The van der Waals surface area contributed by atoms with Crippen LogP contribution in [0.4, 0.5) is 5.69 Å². The smallest absolute Gasteiger partial charge is 0.269 e. The number of ether oxygens (including phenoxy) is 9. The van der Waals surface area contributed by atoms with Gasteiger partial charge in [-0.25, -0.2) is 0 Å². The highest BCUT2D eigenvalue weighted by Gasteiger charge is 2.04. The fourth-order valence-corrected chi connectivity index (χ4v) is 2.69. The van der Waals surface area contributed by atoms with Crippen LogP contribution in [0.15, 0.2) is 24.3 Å². The number of hydrogen-bond acceptors (Lipinski definition) is 11. The number of nitro benzene ring substituents is 1. The molecule has 37 heavy (non-hydrogen) atoms. The molecular weight excluding hydrogens is 514 g/mol. The van der Waals surface area contributed by atoms with Crippen molar-refractivity contribution >= 4 is 17.3 Å². The molecule has 13 heteroatoms. The molecule has 0 atom stereocenters. The summed E-state index contributed by atoms with van der Waals surface area (Å²) in [7, 11) is 0. The molecule has 12 nitrogen and oxygen atoms in total. The molecule has 0 unspecified atom stereocenters. The largest absolute Gasteiger partial charge is 0.491 e. The molecule has 0 aliphatic rings. The first-order chi connectivity index (χ1) is 18.2. The highest BCUT2D eigenvalue weighted by atomic mass is 35.5. The zero-order valence-electron chi connectivity index (χ0n) is 21.4.